The number of methoxy groups -OCH3 is 1. The summed E-state index contributed by atoms with van der Waals surface area (Å²) < 4.78 is 7.13. The summed E-state index contributed by atoms with van der Waals surface area (Å²) in [5.74, 6) is 0.181. The normalized spacial score (nSPS) is 18.5. The first-order chi connectivity index (χ1) is 15.1. The van der Waals surface area contributed by atoms with Crippen LogP contribution in [0.2, 0.25) is 0 Å². The number of benzene rings is 1. The number of likely N-dealkylation sites (tertiary alicyclic amines) is 1. The van der Waals surface area contributed by atoms with Crippen molar-refractivity contribution < 1.29 is 19.1 Å². The minimum absolute atomic E-state index is 0.160. The third-order valence-electron chi connectivity index (χ3n) is 5.54. The van der Waals surface area contributed by atoms with Crippen molar-refractivity contribution in [3.8, 4) is 11.4 Å². The van der Waals surface area contributed by atoms with Gasteiger partial charge in [-0.25, -0.2) is 0 Å². The van der Waals surface area contributed by atoms with E-state index < -0.39 is 11.1 Å². The summed E-state index contributed by atoms with van der Waals surface area (Å²) in [5.41, 5.74) is 1.68. The Hall–Kier alpha value is -3.00. The molecule has 2 saturated heterocycles. The van der Waals surface area contributed by atoms with Gasteiger partial charge >= 0.3 is 0 Å². The largest absolute Gasteiger partial charge is 0.497 e. The zero-order valence-electron chi connectivity index (χ0n) is 17.5. The molecule has 0 unspecified atom stereocenters. The molecule has 8 heteroatoms. The van der Waals surface area contributed by atoms with Crippen molar-refractivity contribution >= 4 is 34.9 Å². The van der Waals surface area contributed by atoms with E-state index in [-0.39, 0.29) is 12.5 Å². The molecule has 0 N–H and O–H groups in total. The van der Waals surface area contributed by atoms with E-state index >= 15 is 0 Å². The van der Waals surface area contributed by atoms with Crippen molar-refractivity contribution in [3.05, 3.63) is 53.2 Å². The number of aromatic nitrogens is 1. The van der Waals surface area contributed by atoms with Crippen molar-refractivity contribution in [1.29, 1.82) is 0 Å². The second kappa shape index (κ2) is 9.43. The van der Waals surface area contributed by atoms with Gasteiger partial charge in [-0.05, 0) is 67.1 Å². The first kappa shape index (κ1) is 21.2. The smallest absolute Gasteiger partial charge is 0.294 e. The van der Waals surface area contributed by atoms with Crippen molar-refractivity contribution in [2.75, 3.05) is 26.7 Å². The van der Waals surface area contributed by atoms with Gasteiger partial charge in [0.25, 0.3) is 11.1 Å². The lowest BCUT2D eigenvalue weighted by Crippen LogP contribution is -2.42. The summed E-state index contributed by atoms with van der Waals surface area (Å²) in [6, 6.07) is 11.3. The van der Waals surface area contributed by atoms with E-state index in [1.165, 1.54) is 0 Å². The monoisotopic (exact) mass is 439 g/mol. The predicted octanol–water partition coefficient (Wildman–Crippen LogP) is 3.92. The fourth-order valence-corrected chi connectivity index (χ4v) is 4.64. The van der Waals surface area contributed by atoms with Crippen LogP contribution in [-0.2, 0) is 9.59 Å². The first-order valence-electron chi connectivity index (χ1n) is 10.4. The molecule has 0 atom stereocenters. The van der Waals surface area contributed by atoms with Crippen LogP contribution in [0.3, 0.4) is 0 Å². The third kappa shape index (κ3) is 4.69. The summed E-state index contributed by atoms with van der Waals surface area (Å²) in [6.07, 6.45) is 7.75. The minimum atomic E-state index is -0.416. The number of carbonyl (C=O) groups excluding carboxylic acids is 3. The van der Waals surface area contributed by atoms with Crippen LogP contribution >= 0.6 is 11.8 Å². The van der Waals surface area contributed by atoms with E-state index in [9.17, 15) is 14.4 Å². The van der Waals surface area contributed by atoms with E-state index in [1.807, 2.05) is 47.2 Å². The standard InChI is InChI=1S/C23H25N3O4S/c1-30-19-10-8-17(9-11-19)25-14-6-7-18(25)15-20-22(28)26(23(29)31-20)16-21(27)24-12-4-2-3-5-13-24/h6-11,14-15H,2-5,12-13,16H2,1H3. The van der Waals surface area contributed by atoms with Crippen LogP contribution in [0.15, 0.2) is 47.5 Å². The van der Waals surface area contributed by atoms with E-state index in [0.29, 0.717) is 18.0 Å². The van der Waals surface area contributed by atoms with Crippen molar-refractivity contribution in [1.82, 2.24) is 14.4 Å². The predicted molar refractivity (Wildman–Crippen MR) is 120 cm³/mol. The Morgan fingerprint density at radius 2 is 1.77 bits per heavy atom. The Balaban J connectivity index is 1.50. The molecule has 0 aliphatic carbocycles. The molecule has 3 heterocycles. The molecule has 1 aromatic carbocycles. The van der Waals surface area contributed by atoms with Crippen molar-refractivity contribution in [2.45, 2.75) is 25.7 Å². The lowest BCUT2D eigenvalue weighted by Gasteiger charge is -2.22. The van der Waals surface area contributed by atoms with Gasteiger partial charge in [-0.15, -0.1) is 0 Å². The number of thioether (sulfide) groups is 1. The number of nitrogens with zero attached hydrogens (tertiary/aromatic N) is 3. The lowest BCUT2D eigenvalue weighted by atomic mass is 10.2. The Labute approximate surface area is 185 Å². The van der Waals surface area contributed by atoms with E-state index in [0.717, 1.165) is 59.5 Å². The Bertz CT molecular complexity index is 1000. The Morgan fingerprint density at radius 1 is 1.06 bits per heavy atom. The fourth-order valence-electron chi connectivity index (χ4n) is 3.82. The van der Waals surface area contributed by atoms with Crippen LogP contribution in [0, 0.1) is 0 Å². The first-order valence-corrected chi connectivity index (χ1v) is 11.2. The van der Waals surface area contributed by atoms with Crippen LogP contribution < -0.4 is 4.74 Å². The molecule has 162 valence electrons. The molecule has 2 aromatic rings. The molecule has 4 rings (SSSR count). The third-order valence-corrected chi connectivity index (χ3v) is 6.44. The summed E-state index contributed by atoms with van der Waals surface area (Å²) in [6.45, 7) is 1.20. The Morgan fingerprint density at radius 3 is 2.45 bits per heavy atom. The number of amides is 3. The number of hydrogen-bond donors (Lipinski definition) is 0. The molecular weight excluding hydrogens is 414 g/mol. The second-order valence-corrected chi connectivity index (χ2v) is 8.56. The molecule has 0 saturated carbocycles. The van der Waals surface area contributed by atoms with Crippen LogP contribution in [0.5, 0.6) is 5.75 Å². The molecule has 2 fully saturated rings. The maximum Gasteiger partial charge on any atom is 0.294 e. The SMILES string of the molecule is COc1ccc(-n2cccc2C=C2SC(=O)N(CC(=O)N3CCCCCC3)C2=O)cc1. The molecule has 2 aliphatic rings. The van der Waals surface area contributed by atoms with Gasteiger partial charge in [-0.3, -0.25) is 19.3 Å². The van der Waals surface area contributed by atoms with Crippen molar-refractivity contribution in [2.24, 2.45) is 0 Å². The van der Waals surface area contributed by atoms with Gasteiger partial charge in [-0.2, -0.15) is 0 Å². The van der Waals surface area contributed by atoms with Gasteiger partial charge in [0.1, 0.15) is 12.3 Å². The Kier molecular flexibility index (Phi) is 6.46. The molecule has 0 radical (unpaired) electrons. The van der Waals surface area contributed by atoms with Gasteiger partial charge in [0.05, 0.1) is 12.0 Å². The average molecular weight is 440 g/mol. The van der Waals surface area contributed by atoms with E-state index in [1.54, 1.807) is 18.1 Å². The zero-order chi connectivity index (χ0) is 21.8. The number of imide groups is 1. The number of hydrogen-bond acceptors (Lipinski definition) is 5. The molecule has 31 heavy (non-hydrogen) atoms. The summed E-state index contributed by atoms with van der Waals surface area (Å²) in [5, 5.41) is -0.401. The highest BCUT2D eigenvalue weighted by molar-refractivity contribution is 8.18. The summed E-state index contributed by atoms with van der Waals surface area (Å²) in [7, 11) is 1.61. The van der Waals surface area contributed by atoms with Gasteiger partial charge in [0, 0.05) is 30.7 Å². The number of ether oxygens (including phenoxy) is 1. The van der Waals surface area contributed by atoms with Gasteiger partial charge in [0.15, 0.2) is 0 Å². The molecule has 2 aliphatic heterocycles. The van der Waals surface area contributed by atoms with Crippen molar-refractivity contribution in [3.63, 3.8) is 0 Å². The van der Waals surface area contributed by atoms with Crippen LogP contribution in [-0.4, -0.2) is 58.2 Å². The number of carbonyl (C=O) groups is 3. The maximum absolute atomic E-state index is 12.9. The van der Waals surface area contributed by atoms with Crippen LogP contribution in [0.4, 0.5) is 4.79 Å². The molecular formula is C23H25N3O4S. The average Bonchev–Trinajstić information content (AvgIpc) is 3.21. The van der Waals surface area contributed by atoms with Gasteiger partial charge < -0.3 is 14.2 Å². The molecule has 1 aromatic heterocycles. The lowest BCUT2D eigenvalue weighted by molar-refractivity contribution is -0.135. The van der Waals surface area contributed by atoms with Crippen LogP contribution in [0.1, 0.15) is 31.4 Å². The quantitative estimate of drug-likeness (QED) is 0.661. The maximum atomic E-state index is 12.9. The minimum Gasteiger partial charge on any atom is -0.497 e. The molecule has 3 amide bonds. The van der Waals surface area contributed by atoms with Crippen LogP contribution in [0.25, 0.3) is 11.8 Å². The second-order valence-electron chi connectivity index (χ2n) is 7.56. The highest BCUT2D eigenvalue weighted by Gasteiger charge is 2.37. The topological polar surface area (TPSA) is 71.8 Å². The highest BCUT2D eigenvalue weighted by Crippen LogP contribution is 2.33. The summed E-state index contributed by atoms with van der Waals surface area (Å²) in [4.78, 5) is 41.2. The van der Waals surface area contributed by atoms with Gasteiger partial charge in [-0.1, -0.05) is 12.8 Å². The zero-order valence-corrected chi connectivity index (χ0v) is 18.3. The highest BCUT2D eigenvalue weighted by atomic mass is 32.2. The van der Waals surface area contributed by atoms with E-state index in [2.05, 4.69) is 0 Å². The molecule has 0 spiro atoms. The van der Waals surface area contributed by atoms with E-state index in [4.69, 9.17) is 4.74 Å². The summed E-state index contributed by atoms with van der Waals surface area (Å²) >= 11 is 0.877. The van der Waals surface area contributed by atoms with Gasteiger partial charge in [0.2, 0.25) is 5.91 Å². The number of rotatable bonds is 5. The molecule has 0 bridgehead atoms. The molecule has 7 nitrogen and oxygen atoms in total. The fraction of sp³-hybridized carbons (Fsp3) is 0.348.